The molecule has 1 atom stereocenters. The lowest BCUT2D eigenvalue weighted by atomic mass is 10.1. The van der Waals surface area contributed by atoms with E-state index in [0.717, 1.165) is 23.3 Å². The lowest BCUT2D eigenvalue weighted by molar-refractivity contribution is -0.385. The summed E-state index contributed by atoms with van der Waals surface area (Å²) < 4.78 is 35.4. The maximum atomic E-state index is 12.1. The molecule has 1 unspecified atom stereocenters. The molecule has 0 spiro atoms. The Kier molecular flexibility index (Phi) is 5.03. The van der Waals surface area contributed by atoms with Crippen molar-refractivity contribution in [2.45, 2.75) is 24.8 Å². The molecule has 0 radical (unpaired) electrons. The number of rotatable bonds is 6. The Morgan fingerprint density at radius 2 is 1.93 bits per heavy atom. The van der Waals surface area contributed by atoms with Gasteiger partial charge in [-0.15, -0.1) is 0 Å². The van der Waals surface area contributed by atoms with E-state index >= 15 is 0 Å². The van der Waals surface area contributed by atoms with Crippen LogP contribution in [0.5, 0.6) is 5.75 Å². The van der Waals surface area contributed by atoms with Gasteiger partial charge >= 0.3 is 0 Å². The summed E-state index contributed by atoms with van der Waals surface area (Å²) in [6.45, 7) is 3.74. The zero-order chi connectivity index (χ0) is 20.6. The van der Waals surface area contributed by atoms with Crippen molar-refractivity contribution in [2.75, 3.05) is 18.7 Å². The average Bonchev–Trinajstić information content (AvgIpc) is 2.97. The SMILES string of the molecule is COc1ccc2oc(C(C)Nc3ccc([N+](=O)[O-])cc3S(C)(=O)=O)c(C)c2c1. The number of anilines is 1. The van der Waals surface area contributed by atoms with Gasteiger partial charge in [0, 0.05) is 29.3 Å². The van der Waals surface area contributed by atoms with Crippen LogP contribution in [0.15, 0.2) is 45.7 Å². The molecule has 9 heteroatoms. The molecule has 0 amide bonds. The third-order valence-electron chi connectivity index (χ3n) is 4.52. The first kappa shape index (κ1) is 19.7. The lowest BCUT2D eigenvalue weighted by Gasteiger charge is -2.16. The number of furan rings is 1. The van der Waals surface area contributed by atoms with Crippen LogP contribution in [0.2, 0.25) is 0 Å². The van der Waals surface area contributed by atoms with Crippen molar-refractivity contribution in [2.24, 2.45) is 0 Å². The molecule has 0 aliphatic heterocycles. The quantitative estimate of drug-likeness (QED) is 0.483. The summed E-state index contributed by atoms with van der Waals surface area (Å²) in [5.41, 5.74) is 1.58. The summed E-state index contributed by atoms with van der Waals surface area (Å²) in [6, 6.07) is 8.82. The smallest absolute Gasteiger partial charge is 0.270 e. The van der Waals surface area contributed by atoms with Crippen LogP contribution in [-0.4, -0.2) is 26.7 Å². The van der Waals surface area contributed by atoms with Gasteiger partial charge in [-0.1, -0.05) is 0 Å². The van der Waals surface area contributed by atoms with Crippen molar-refractivity contribution >= 4 is 32.2 Å². The molecule has 1 N–H and O–H groups in total. The highest BCUT2D eigenvalue weighted by atomic mass is 32.2. The third-order valence-corrected chi connectivity index (χ3v) is 5.66. The third kappa shape index (κ3) is 3.65. The Bertz CT molecular complexity index is 1170. The predicted octanol–water partition coefficient (Wildman–Crippen LogP) is 4.23. The van der Waals surface area contributed by atoms with Gasteiger partial charge in [-0.05, 0) is 38.1 Å². The Labute approximate surface area is 162 Å². The van der Waals surface area contributed by atoms with Crippen molar-refractivity contribution in [1.82, 2.24) is 0 Å². The van der Waals surface area contributed by atoms with E-state index in [1.807, 2.05) is 26.0 Å². The van der Waals surface area contributed by atoms with E-state index < -0.39 is 14.8 Å². The molecule has 148 valence electrons. The Morgan fingerprint density at radius 3 is 2.54 bits per heavy atom. The minimum Gasteiger partial charge on any atom is -0.497 e. The van der Waals surface area contributed by atoms with Crippen molar-refractivity contribution in [3.63, 3.8) is 0 Å². The molecular weight excluding hydrogens is 384 g/mol. The number of hydrogen-bond acceptors (Lipinski definition) is 7. The minimum atomic E-state index is -3.68. The van der Waals surface area contributed by atoms with E-state index in [4.69, 9.17) is 9.15 Å². The van der Waals surface area contributed by atoms with Crippen LogP contribution in [0.1, 0.15) is 24.3 Å². The second-order valence-electron chi connectivity index (χ2n) is 6.53. The Morgan fingerprint density at radius 1 is 1.21 bits per heavy atom. The molecule has 0 aliphatic rings. The van der Waals surface area contributed by atoms with Gasteiger partial charge < -0.3 is 14.5 Å². The molecule has 1 aromatic heterocycles. The predicted molar refractivity (Wildman–Crippen MR) is 106 cm³/mol. The van der Waals surface area contributed by atoms with Gasteiger partial charge in [0.25, 0.3) is 5.69 Å². The van der Waals surface area contributed by atoms with E-state index in [9.17, 15) is 18.5 Å². The molecule has 0 saturated heterocycles. The normalized spacial score (nSPS) is 12.7. The summed E-state index contributed by atoms with van der Waals surface area (Å²) in [5, 5.41) is 15.0. The van der Waals surface area contributed by atoms with Crippen LogP contribution in [0, 0.1) is 17.0 Å². The van der Waals surface area contributed by atoms with Crippen molar-refractivity contribution in [1.29, 1.82) is 0 Å². The van der Waals surface area contributed by atoms with Crippen LogP contribution < -0.4 is 10.1 Å². The number of fused-ring (bicyclic) bond motifs is 1. The van der Waals surface area contributed by atoms with E-state index in [1.54, 1.807) is 13.2 Å². The largest absolute Gasteiger partial charge is 0.497 e. The molecule has 2 aromatic carbocycles. The highest BCUT2D eigenvalue weighted by Gasteiger charge is 2.22. The molecular formula is C19H20N2O6S. The second-order valence-corrected chi connectivity index (χ2v) is 8.51. The fourth-order valence-corrected chi connectivity index (χ4v) is 3.97. The maximum Gasteiger partial charge on any atom is 0.270 e. The van der Waals surface area contributed by atoms with Gasteiger partial charge in [0.15, 0.2) is 9.84 Å². The molecule has 3 rings (SSSR count). The summed E-state index contributed by atoms with van der Waals surface area (Å²) in [5.74, 6) is 1.35. The number of methoxy groups -OCH3 is 1. The first-order valence-corrected chi connectivity index (χ1v) is 10.3. The molecule has 8 nitrogen and oxygen atoms in total. The van der Waals surface area contributed by atoms with Crippen molar-refractivity contribution in [3.8, 4) is 5.75 Å². The topological polar surface area (TPSA) is 112 Å². The molecule has 0 aliphatic carbocycles. The molecule has 0 bridgehead atoms. The van der Waals surface area contributed by atoms with E-state index in [2.05, 4.69) is 5.32 Å². The molecule has 0 fully saturated rings. The number of aryl methyl sites for hydroxylation is 1. The molecule has 1 heterocycles. The number of non-ortho nitro benzene ring substituents is 1. The average molecular weight is 404 g/mol. The molecule has 28 heavy (non-hydrogen) atoms. The van der Waals surface area contributed by atoms with Gasteiger partial charge in [-0.25, -0.2) is 8.42 Å². The summed E-state index contributed by atoms with van der Waals surface area (Å²) in [4.78, 5) is 10.2. The number of benzene rings is 2. The number of nitro groups is 1. The number of sulfone groups is 1. The zero-order valence-corrected chi connectivity index (χ0v) is 16.7. The zero-order valence-electron chi connectivity index (χ0n) is 15.8. The van der Waals surface area contributed by atoms with Crippen molar-refractivity contribution < 1.29 is 22.5 Å². The number of nitrogens with one attached hydrogen (secondary N) is 1. The van der Waals surface area contributed by atoms with Gasteiger partial charge in [0.2, 0.25) is 0 Å². The summed E-state index contributed by atoms with van der Waals surface area (Å²) in [6.07, 6.45) is 1.01. The fraction of sp³-hybridized carbons (Fsp3) is 0.263. The summed E-state index contributed by atoms with van der Waals surface area (Å²) >= 11 is 0. The Hall–Kier alpha value is -3.07. The number of hydrogen-bond donors (Lipinski definition) is 1. The summed E-state index contributed by atoms with van der Waals surface area (Å²) in [7, 11) is -2.09. The van der Waals surface area contributed by atoms with E-state index in [-0.39, 0.29) is 22.3 Å². The van der Waals surface area contributed by atoms with E-state index in [1.165, 1.54) is 12.1 Å². The van der Waals surface area contributed by atoms with Gasteiger partial charge in [0.05, 0.1) is 28.7 Å². The minimum absolute atomic E-state index is 0.135. The highest BCUT2D eigenvalue weighted by Crippen LogP contribution is 2.35. The van der Waals surface area contributed by atoms with Crippen LogP contribution >= 0.6 is 0 Å². The number of nitrogens with zero attached hydrogens (tertiary/aromatic N) is 1. The molecule has 0 saturated carbocycles. The second kappa shape index (κ2) is 7.16. The monoisotopic (exact) mass is 404 g/mol. The first-order valence-electron chi connectivity index (χ1n) is 8.44. The highest BCUT2D eigenvalue weighted by molar-refractivity contribution is 7.90. The van der Waals surface area contributed by atoms with Gasteiger partial charge in [-0.2, -0.15) is 0 Å². The van der Waals surface area contributed by atoms with Gasteiger partial charge in [0.1, 0.15) is 17.1 Å². The number of nitro benzene ring substituents is 1. The molecule has 3 aromatic rings. The fourth-order valence-electron chi connectivity index (χ4n) is 3.11. The maximum absolute atomic E-state index is 12.1. The van der Waals surface area contributed by atoms with Crippen LogP contribution in [0.4, 0.5) is 11.4 Å². The van der Waals surface area contributed by atoms with Crippen LogP contribution in [-0.2, 0) is 9.84 Å². The van der Waals surface area contributed by atoms with Crippen molar-refractivity contribution in [3.05, 3.63) is 57.8 Å². The van der Waals surface area contributed by atoms with Crippen LogP contribution in [0.25, 0.3) is 11.0 Å². The number of ether oxygens (including phenoxy) is 1. The lowest BCUT2D eigenvalue weighted by Crippen LogP contribution is -2.11. The standard InChI is InChI=1S/C19H20N2O6S/c1-11-15-10-14(26-3)6-8-17(15)27-19(11)12(2)20-16-7-5-13(21(22)23)9-18(16)28(4,24)25/h5-10,12,20H,1-4H3. The van der Waals surface area contributed by atoms with Gasteiger partial charge in [-0.3, -0.25) is 10.1 Å². The van der Waals surface area contributed by atoms with Crippen LogP contribution in [0.3, 0.4) is 0 Å². The Balaban J connectivity index is 2.01. The van der Waals surface area contributed by atoms with E-state index in [0.29, 0.717) is 17.1 Å². The first-order chi connectivity index (χ1) is 13.1.